The van der Waals surface area contributed by atoms with Crippen molar-refractivity contribution >= 4 is 0 Å². The van der Waals surface area contributed by atoms with E-state index in [0.717, 1.165) is 44.6 Å². The lowest BCUT2D eigenvalue weighted by Gasteiger charge is -2.32. The van der Waals surface area contributed by atoms with Gasteiger partial charge in [-0.15, -0.1) is 0 Å². The normalized spacial score (nSPS) is 18.2. The number of hydrogen-bond donors (Lipinski definition) is 1. The molecule has 1 N–H and O–H groups in total. The molecule has 1 aliphatic heterocycles. The predicted molar refractivity (Wildman–Crippen MR) is 110 cm³/mol. The van der Waals surface area contributed by atoms with Crippen LogP contribution >= 0.6 is 0 Å². The molecule has 150 valence electrons. The summed E-state index contributed by atoms with van der Waals surface area (Å²) >= 11 is 0. The second kappa shape index (κ2) is 7.91. The summed E-state index contributed by atoms with van der Waals surface area (Å²) in [5.74, 6) is 1.22. The second-order valence-corrected chi connectivity index (χ2v) is 8.31. The minimum Gasteiger partial charge on any atom is -0.299 e. The molecule has 29 heavy (non-hydrogen) atoms. The van der Waals surface area contributed by atoms with Crippen molar-refractivity contribution in [1.82, 2.24) is 29.6 Å². The maximum absolute atomic E-state index is 12.6. The minimum atomic E-state index is 0.00811. The summed E-state index contributed by atoms with van der Waals surface area (Å²) in [5, 5.41) is 7.45. The van der Waals surface area contributed by atoms with E-state index in [1.807, 2.05) is 18.3 Å². The Morgan fingerprint density at radius 2 is 2.00 bits per heavy atom. The van der Waals surface area contributed by atoms with Crippen molar-refractivity contribution in [2.45, 2.75) is 44.7 Å². The van der Waals surface area contributed by atoms with Crippen LogP contribution in [0.15, 0.2) is 47.9 Å². The van der Waals surface area contributed by atoms with Gasteiger partial charge in [-0.2, -0.15) is 5.10 Å². The number of likely N-dealkylation sites (tertiary alicyclic amines) is 1. The Morgan fingerprint density at radius 3 is 2.72 bits per heavy atom. The molecule has 2 aliphatic rings. The van der Waals surface area contributed by atoms with Crippen LogP contribution in [0.1, 0.15) is 42.9 Å². The van der Waals surface area contributed by atoms with E-state index in [9.17, 15) is 4.79 Å². The van der Waals surface area contributed by atoms with Gasteiger partial charge in [-0.25, -0.2) is 4.98 Å². The molecule has 0 amide bonds. The molecule has 7 nitrogen and oxygen atoms in total. The third kappa shape index (κ3) is 4.15. The molecule has 0 unspecified atom stereocenters. The molecule has 0 atom stereocenters. The first kappa shape index (κ1) is 18.2. The third-order valence-electron chi connectivity index (χ3n) is 6.13. The second-order valence-electron chi connectivity index (χ2n) is 8.31. The molecule has 3 aromatic heterocycles. The number of piperidine rings is 1. The van der Waals surface area contributed by atoms with Crippen molar-refractivity contribution in [2.24, 2.45) is 5.92 Å². The summed E-state index contributed by atoms with van der Waals surface area (Å²) < 4.78 is 1.75. The molecule has 1 saturated carbocycles. The molecule has 0 bridgehead atoms. The van der Waals surface area contributed by atoms with Gasteiger partial charge in [-0.3, -0.25) is 24.3 Å². The standard InChI is InChI=1S/C22H26N6O/c29-21-10-20(18-2-1-7-23-11-18)24-15-28(21)13-16-5-8-27(9-6-16)14-19-12-25-26-22(19)17-3-4-17/h1-2,7,10-12,15-17H,3-6,8-9,13-14H2,(H,25,26). The summed E-state index contributed by atoms with van der Waals surface area (Å²) in [6, 6.07) is 5.39. The number of aromatic amines is 1. The fraction of sp³-hybridized carbons (Fsp3) is 0.455. The van der Waals surface area contributed by atoms with E-state index < -0.39 is 0 Å². The highest BCUT2D eigenvalue weighted by Crippen LogP contribution is 2.40. The van der Waals surface area contributed by atoms with Gasteiger partial charge in [0.25, 0.3) is 5.56 Å². The summed E-state index contributed by atoms with van der Waals surface area (Å²) in [7, 11) is 0. The molecule has 1 aliphatic carbocycles. The van der Waals surface area contributed by atoms with Crippen molar-refractivity contribution in [3.05, 3.63) is 64.7 Å². The fourth-order valence-electron chi connectivity index (χ4n) is 4.25. The smallest absolute Gasteiger partial charge is 0.253 e. The zero-order valence-electron chi connectivity index (χ0n) is 16.5. The highest BCUT2D eigenvalue weighted by atomic mass is 16.1. The van der Waals surface area contributed by atoms with E-state index in [0.29, 0.717) is 17.5 Å². The molecule has 7 heteroatoms. The van der Waals surface area contributed by atoms with Gasteiger partial charge in [-0.1, -0.05) is 0 Å². The number of nitrogens with zero attached hydrogens (tertiary/aromatic N) is 5. The Bertz CT molecular complexity index is 1020. The lowest BCUT2D eigenvalue weighted by Crippen LogP contribution is -2.36. The molecule has 4 heterocycles. The zero-order valence-corrected chi connectivity index (χ0v) is 16.5. The third-order valence-corrected chi connectivity index (χ3v) is 6.13. The summed E-state index contributed by atoms with van der Waals surface area (Å²) in [5.41, 5.74) is 4.26. The molecular weight excluding hydrogens is 364 g/mol. The Labute approximate surface area is 169 Å². The first-order chi connectivity index (χ1) is 14.3. The number of nitrogens with one attached hydrogen (secondary N) is 1. The molecule has 3 aromatic rings. The van der Waals surface area contributed by atoms with Gasteiger partial charge >= 0.3 is 0 Å². The molecule has 0 spiro atoms. The number of rotatable bonds is 6. The van der Waals surface area contributed by atoms with Crippen LogP contribution < -0.4 is 5.56 Å². The summed E-state index contributed by atoms with van der Waals surface area (Å²) in [6.07, 6.45) is 11.9. The first-order valence-electron chi connectivity index (χ1n) is 10.5. The van der Waals surface area contributed by atoms with Crippen molar-refractivity contribution in [2.75, 3.05) is 13.1 Å². The largest absolute Gasteiger partial charge is 0.299 e. The topological polar surface area (TPSA) is 79.7 Å². The monoisotopic (exact) mass is 390 g/mol. The summed E-state index contributed by atoms with van der Waals surface area (Å²) in [6.45, 7) is 3.86. The van der Waals surface area contributed by atoms with Gasteiger partial charge in [0.1, 0.15) is 0 Å². The minimum absolute atomic E-state index is 0.00811. The van der Waals surface area contributed by atoms with E-state index in [1.165, 1.54) is 24.1 Å². The van der Waals surface area contributed by atoms with Gasteiger partial charge in [0.2, 0.25) is 0 Å². The van der Waals surface area contributed by atoms with E-state index in [2.05, 4.69) is 25.1 Å². The van der Waals surface area contributed by atoms with Gasteiger partial charge < -0.3 is 0 Å². The first-order valence-corrected chi connectivity index (χ1v) is 10.5. The lowest BCUT2D eigenvalue weighted by atomic mass is 9.96. The Hall–Kier alpha value is -2.80. The number of aromatic nitrogens is 5. The molecular formula is C22H26N6O. The molecule has 1 saturated heterocycles. The van der Waals surface area contributed by atoms with Gasteiger partial charge in [0.05, 0.1) is 18.2 Å². The van der Waals surface area contributed by atoms with Crippen LogP contribution in [0.25, 0.3) is 11.3 Å². The van der Waals surface area contributed by atoms with Crippen molar-refractivity contribution in [3.8, 4) is 11.3 Å². The zero-order chi connectivity index (χ0) is 19.6. The Balaban J connectivity index is 1.17. The van der Waals surface area contributed by atoms with Crippen LogP contribution in [-0.4, -0.2) is 42.7 Å². The van der Waals surface area contributed by atoms with Crippen LogP contribution in [0.2, 0.25) is 0 Å². The molecule has 5 rings (SSSR count). The molecule has 0 radical (unpaired) electrons. The number of hydrogen-bond acceptors (Lipinski definition) is 5. The fourth-order valence-corrected chi connectivity index (χ4v) is 4.25. The van der Waals surface area contributed by atoms with Crippen LogP contribution in [0.4, 0.5) is 0 Å². The highest BCUT2D eigenvalue weighted by Gasteiger charge is 2.29. The van der Waals surface area contributed by atoms with Gasteiger partial charge in [0, 0.05) is 54.3 Å². The highest BCUT2D eigenvalue weighted by molar-refractivity contribution is 5.56. The average molecular weight is 390 g/mol. The molecule has 0 aromatic carbocycles. The van der Waals surface area contributed by atoms with Crippen molar-refractivity contribution < 1.29 is 0 Å². The van der Waals surface area contributed by atoms with Crippen molar-refractivity contribution in [1.29, 1.82) is 0 Å². The van der Waals surface area contributed by atoms with Gasteiger partial charge in [-0.05, 0) is 56.8 Å². The predicted octanol–water partition coefficient (Wildman–Crippen LogP) is 2.82. The average Bonchev–Trinajstić information content (AvgIpc) is 3.50. The van der Waals surface area contributed by atoms with Crippen LogP contribution in [-0.2, 0) is 13.1 Å². The van der Waals surface area contributed by atoms with Crippen LogP contribution in [0.5, 0.6) is 0 Å². The van der Waals surface area contributed by atoms with Crippen LogP contribution in [0.3, 0.4) is 0 Å². The number of pyridine rings is 1. The molecule has 2 fully saturated rings. The number of H-pyrrole nitrogens is 1. The Morgan fingerprint density at radius 1 is 1.14 bits per heavy atom. The maximum Gasteiger partial charge on any atom is 0.253 e. The lowest BCUT2D eigenvalue weighted by molar-refractivity contribution is 0.166. The maximum atomic E-state index is 12.6. The van der Waals surface area contributed by atoms with Crippen molar-refractivity contribution in [3.63, 3.8) is 0 Å². The van der Waals surface area contributed by atoms with Crippen LogP contribution in [0, 0.1) is 5.92 Å². The Kier molecular flexibility index (Phi) is 4.97. The SMILES string of the molecule is O=c1cc(-c2cccnc2)ncn1CC1CCN(Cc2cn[nH]c2C2CC2)CC1. The van der Waals surface area contributed by atoms with E-state index >= 15 is 0 Å². The van der Waals surface area contributed by atoms with Gasteiger partial charge in [0.15, 0.2) is 0 Å². The van der Waals surface area contributed by atoms with E-state index in [1.54, 1.807) is 29.4 Å². The van der Waals surface area contributed by atoms with E-state index in [-0.39, 0.29) is 5.56 Å². The van der Waals surface area contributed by atoms with E-state index in [4.69, 9.17) is 0 Å². The quantitative estimate of drug-likeness (QED) is 0.700. The summed E-state index contributed by atoms with van der Waals surface area (Å²) in [4.78, 5) is 23.6.